The van der Waals surface area contributed by atoms with Gasteiger partial charge in [-0.25, -0.2) is 0 Å². The van der Waals surface area contributed by atoms with Gasteiger partial charge in [-0.05, 0) is 18.2 Å². The summed E-state index contributed by atoms with van der Waals surface area (Å²) in [6.07, 6.45) is 0.139. The molecule has 1 heterocycles. The number of hydroxylamine groups is 2. The fourth-order valence-corrected chi connectivity index (χ4v) is 2.63. The zero-order valence-electron chi connectivity index (χ0n) is 12.3. The van der Waals surface area contributed by atoms with Gasteiger partial charge in [0.25, 0.3) is 0 Å². The maximum atomic E-state index is 12.7. The Bertz CT molecular complexity index is 670. The molecule has 0 amide bonds. The Labute approximate surface area is 134 Å². The Hall–Kier alpha value is -1.88. The minimum Gasteiger partial charge on any atom is -0.382 e. The van der Waals surface area contributed by atoms with Gasteiger partial charge in [-0.15, -0.1) is 0 Å². The number of nitrogens with zero attached hydrogens (tertiary/aromatic N) is 1. The summed E-state index contributed by atoms with van der Waals surface area (Å²) in [5.74, 6) is -0.0442. The zero-order chi connectivity index (χ0) is 15.5. The number of carbonyl (C=O) groups excluding carboxylic acids is 1. The summed E-state index contributed by atoms with van der Waals surface area (Å²) in [5, 5.41) is 5.61. The van der Waals surface area contributed by atoms with Gasteiger partial charge in [0.1, 0.15) is 6.10 Å². The van der Waals surface area contributed by atoms with E-state index in [1.54, 1.807) is 29.3 Å². The van der Waals surface area contributed by atoms with Gasteiger partial charge in [-0.1, -0.05) is 41.9 Å². The van der Waals surface area contributed by atoms with Crippen LogP contribution in [0.4, 0.5) is 5.69 Å². The van der Waals surface area contributed by atoms with E-state index >= 15 is 0 Å². The molecule has 1 saturated heterocycles. The average molecular weight is 317 g/mol. The van der Waals surface area contributed by atoms with Crippen molar-refractivity contribution >= 4 is 23.1 Å². The molecule has 3 rings (SSSR count). The normalized spacial score (nSPS) is 17.8. The van der Waals surface area contributed by atoms with Crippen molar-refractivity contribution in [2.45, 2.75) is 6.10 Å². The van der Waals surface area contributed by atoms with Gasteiger partial charge in [-0.3, -0.25) is 9.63 Å². The Kier molecular flexibility index (Phi) is 4.43. The van der Waals surface area contributed by atoms with Crippen LogP contribution in [0.3, 0.4) is 0 Å². The van der Waals surface area contributed by atoms with Crippen molar-refractivity contribution in [3.63, 3.8) is 0 Å². The van der Waals surface area contributed by atoms with Gasteiger partial charge < -0.3 is 5.32 Å². The molecular weight excluding hydrogens is 300 g/mol. The lowest BCUT2D eigenvalue weighted by molar-refractivity contribution is -0.275. The first-order valence-corrected chi connectivity index (χ1v) is 7.52. The van der Waals surface area contributed by atoms with Crippen molar-refractivity contribution in [2.24, 2.45) is 0 Å². The van der Waals surface area contributed by atoms with E-state index in [9.17, 15) is 4.79 Å². The van der Waals surface area contributed by atoms with Crippen LogP contribution < -0.4 is 5.32 Å². The van der Waals surface area contributed by atoms with Crippen molar-refractivity contribution in [1.29, 1.82) is 0 Å². The van der Waals surface area contributed by atoms with E-state index in [2.05, 4.69) is 5.32 Å². The number of halogens is 1. The monoisotopic (exact) mass is 316 g/mol. The molecule has 1 atom stereocenters. The molecule has 0 aromatic heterocycles. The summed E-state index contributed by atoms with van der Waals surface area (Å²) < 4.78 is 0. The first kappa shape index (κ1) is 15.0. The van der Waals surface area contributed by atoms with E-state index < -0.39 is 0 Å². The van der Waals surface area contributed by atoms with Gasteiger partial charge >= 0.3 is 0 Å². The molecule has 0 spiro atoms. The minimum absolute atomic E-state index is 0.0442. The third kappa shape index (κ3) is 3.30. The molecule has 1 aliphatic rings. The van der Waals surface area contributed by atoms with E-state index in [1.165, 1.54) is 0 Å². The first-order valence-electron chi connectivity index (χ1n) is 7.14. The fourth-order valence-electron chi connectivity index (χ4n) is 2.46. The largest absolute Gasteiger partial charge is 0.382 e. The molecule has 114 valence electrons. The molecule has 2 aromatic rings. The molecule has 5 heteroatoms. The summed E-state index contributed by atoms with van der Waals surface area (Å²) >= 11 is 6.06. The van der Waals surface area contributed by atoms with Crippen LogP contribution in [0, 0.1) is 0 Å². The second-order valence-corrected chi connectivity index (χ2v) is 5.74. The number of hydrogen-bond donors (Lipinski definition) is 1. The molecule has 4 nitrogen and oxygen atoms in total. The number of hydrogen-bond acceptors (Lipinski definition) is 4. The van der Waals surface area contributed by atoms with E-state index in [4.69, 9.17) is 16.4 Å². The third-order valence-corrected chi connectivity index (χ3v) is 3.81. The van der Waals surface area contributed by atoms with Gasteiger partial charge in [0.05, 0.1) is 6.54 Å². The Balaban J connectivity index is 1.80. The Morgan fingerprint density at radius 2 is 2.05 bits per heavy atom. The van der Waals surface area contributed by atoms with Crippen molar-refractivity contribution in [1.82, 2.24) is 5.06 Å². The van der Waals surface area contributed by atoms with Crippen LogP contribution in [-0.4, -0.2) is 37.1 Å². The predicted octanol–water partition coefficient (Wildman–Crippen LogP) is 3.23. The summed E-state index contributed by atoms with van der Waals surface area (Å²) in [6.45, 7) is 1.53. The molecule has 0 aliphatic carbocycles. The van der Waals surface area contributed by atoms with Crippen molar-refractivity contribution in [3.8, 4) is 0 Å². The highest BCUT2D eigenvalue weighted by Crippen LogP contribution is 2.24. The molecule has 1 fully saturated rings. The maximum Gasteiger partial charge on any atom is 0.195 e. The van der Waals surface area contributed by atoms with Crippen LogP contribution in [-0.2, 0) is 4.84 Å². The van der Waals surface area contributed by atoms with Crippen LogP contribution in [0.1, 0.15) is 15.9 Å². The molecule has 1 aliphatic heterocycles. The number of carbonyl (C=O) groups is 1. The van der Waals surface area contributed by atoms with E-state index in [0.29, 0.717) is 22.7 Å². The number of rotatable bonds is 5. The van der Waals surface area contributed by atoms with Gasteiger partial charge in [-0.2, -0.15) is 5.06 Å². The fraction of sp³-hybridized carbons (Fsp3) is 0.235. The van der Waals surface area contributed by atoms with Crippen LogP contribution in [0.15, 0.2) is 48.5 Å². The second kappa shape index (κ2) is 6.48. The van der Waals surface area contributed by atoms with Crippen LogP contribution in [0.2, 0.25) is 5.02 Å². The lowest BCUT2D eigenvalue weighted by atomic mass is 10.0. The number of likely N-dealkylation sites (N-methyl/N-ethyl adjacent to an activating group) is 1. The van der Waals surface area contributed by atoms with Crippen LogP contribution in [0.5, 0.6) is 0 Å². The molecule has 22 heavy (non-hydrogen) atoms. The highest BCUT2D eigenvalue weighted by atomic mass is 35.5. The van der Waals surface area contributed by atoms with Crippen LogP contribution in [0.25, 0.3) is 0 Å². The topological polar surface area (TPSA) is 41.6 Å². The molecule has 1 N–H and O–H groups in total. The average Bonchev–Trinajstić information content (AvgIpc) is 2.51. The Morgan fingerprint density at radius 3 is 2.73 bits per heavy atom. The Morgan fingerprint density at radius 1 is 1.32 bits per heavy atom. The standard InChI is InChI=1S/C17H17ClN2O2/c1-20-11-14(22-20)10-19-16-8-7-13(18)9-15(16)17(21)12-5-3-2-4-6-12/h2-9,14,19H,10-11H2,1H3. The number of nitrogens with one attached hydrogen (secondary N) is 1. The minimum atomic E-state index is -0.0442. The summed E-state index contributed by atoms with van der Waals surface area (Å²) in [4.78, 5) is 18.1. The molecule has 2 aromatic carbocycles. The van der Waals surface area contributed by atoms with Gasteiger partial charge in [0, 0.05) is 35.4 Å². The van der Waals surface area contributed by atoms with Crippen molar-refractivity contribution < 1.29 is 9.63 Å². The first-order chi connectivity index (χ1) is 10.6. The van der Waals surface area contributed by atoms with Crippen molar-refractivity contribution in [3.05, 3.63) is 64.7 Å². The quantitative estimate of drug-likeness (QED) is 0.860. The zero-order valence-corrected chi connectivity index (χ0v) is 13.0. The highest BCUT2D eigenvalue weighted by molar-refractivity contribution is 6.31. The second-order valence-electron chi connectivity index (χ2n) is 5.30. The number of ketones is 1. The molecular formula is C17H17ClN2O2. The van der Waals surface area contributed by atoms with Crippen molar-refractivity contribution in [2.75, 3.05) is 25.5 Å². The smallest absolute Gasteiger partial charge is 0.195 e. The number of benzene rings is 2. The van der Waals surface area contributed by atoms with E-state index in [-0.39, 0.29) is 11.9 Å². The lowest BCUT2D eigenvalue weighted by Gasteiger charge is -2.35. The third-order valence-electron chi connectivity index (χ3n) is 3.57. The van der Waals surface area contributed by atoms with E-state index in [0.717, 1.165) is 12.2 Å². The van der Waals surface area contributed by atoms with Gasteiger partial charge in [0.15, 0.2) is 5.78 Å². The summed E-state index contributed by atoms with van der Waals surface area (Å²) in [6, 6.07) is 14.5. The number of anilines is 1. The molecule has 0 radical (unpaired) electrons. The molecule has 1 unspecified atom stereocenters. The highest BCUT2D eigenvalue weighted by Gasteiger charge is 2.24. The van der Waals surface area contributed by atoms with Gasteiger partial charge in [0.2, 0.25) is 0 Å². The summed E-state index contributed by atoms with van der Waals surface area (Å²) in [5.41, 5.74) is 2.00. The SMILES string of the molecule is CN1CC(CNc2ccc(Cl)cc2C(=O)c2ccccc2)O1. The van der Waals surface area contributed by atoms with E-state index in [1.807, 2.05) is 31.3 Å². The predicted molar refractivity (Wildman–Crippen MR) is 87.3 cm³/mol. The lowest BCUT2D eigenvalue weighted by Crippen LogP contribution is -2.49. The maximum absolute atomic E-state index is 12.7. The van der Waals surface area contributed by atoms with Crippen LogP contribution >= 0.6 is 11.6 Å². The molecule has 0 bridgehead atoms. The molecule has 0 saturated carbocycles. The summed E-state index contributed by atoms with van der Waals surface area (Å²) in [7, 11) is 1.89.